The summed E-state index contributed by atoms with van der Waals surface area (Å²) in [5.41, 5.74) is 6.85. The number of pyridine rings is 1. The number of H-pyrrole nitrogens is 1. The maximum atomic E-state index is 13.4. The maximum absolute atomic E-state index is 13.4. The van der Waals surface area contributed by atoms with E-state index in [0.717, 1.165) is 52.2 Å². The summed E-state index contributed by atoms with van der Waals surface area (Å²) in [5, 5.41) is 14.4. The molecule has 0 amide bonds. The van der Waals surface area contributed by atoms with Gasteiger partial charge in [0.25, 0.3) is 0 Å². The van der Waals surface area contributed by atoms with E-state index in [1.54, 1.807) is 0 Å². The molecule has 8 heteroatoms. The molecule has 0 bridgehead atoms. The van der Waals surface area contributed by atoms with Crippen molar-refractivity contribution in [3.8, 4) is 22.5 Å². The number of imidazole rings is 1. The maximum Gasteiger partial charge on any atom is 0.329 e. The molecule has 1 N–H and O–H groups in total. The van der Waals surface area contributed by atoms with Gasteiger partial charge in [-0.3, -0.25) is 14.1 Å². The summed E-state index contributed by atoms with van der Waals surface area (Å²) in [7, 11) is 0. The number of benzene rings is 2. The molecular formula is C27H27N7O. The lowest BCUT2D eigenvalue weighted by molar-refractivity contribution is 0.653. The van der Waals surface area contributed by atoms with Crippen molar-refractivity contribution in [1.82, 2.24) is 34.7 Å². The number of hydrogen-bond donors (Lipinski definition) is 1. The minimum absolute atomic E-state index is 0.00290. The van der Waals surface area contributed by atoms with Gasteiger partial charge in [-0.2, -0.15) is 5.21 Å². The third-order valence-corrected chi connectivity index (χ3v) is 6.25. The fourth-order valence-electron chi connectivity index (χ4n) is 4.47. The van der Waals surface area contributed by atoms with Crippen molar-refractivity contribution < 1.29 is 0 Å². The first-order chi connectivity index (χ1) is 17.2. The Morgan fingerprint density at radius 3 is 2.34 bits per heavy atom. The van der Waals surface area contributed by atoms with Crippen LogP contribution in [0.15, 0.2) is 77.7 Å². The predicted octanol–water partition coefficient (Wildman–Crippen LogP) is 4.25. The van der Waals surface area contributed by atoms with Crippen LogP contribution in [-0.2, 0) is 19.5 Å². The third-order valence-electron chi connectivity index (χ3n) is 6.25. The van der Waals surface area contributed by atoms with E-state index >= 15 is 0 Å². The van der Waals surface area contributed by atoms with Gasteiger partial charge >= 0.3 is 5.69 Å². The second-order valence-corrected chi connectivity index (χ2v) is 8.54. The highest BCUT2D eigenvalue weighted by atomic mass is 16.1. The SMILES string of the molecule is CCCc1c(C)n(Cc2ccccc2)c(=O)n1Cc1ccc(-c2ccccc2-c2nn[nH]n2)cn1. The smallest absolute Gasteiger partial charge is 0.292 e. The van der Waals surface area contributed by atoms with Gasteiger partial charge in [0.05, 0.1) is 18.8 Å². The van der Waals surface area contributed by atoms with Crippen LogP contribution in [0, 0.1) is 6.92 Å². The molecule has 3 aromatic heterocycles. The number of aromatic nitrogens is 7. The van der Waals surface area contributed by atoms with Crippen molar-refractivity contribution in [2.24, 2.45) is 0 Å². The van der Waals surface area contributed by atoms with E-state index in [2.05, 4.69) is 39.7 Å². The van der Waals surface area contributed by atoms with E-state index in [9.17, 15) is 4.79 Å². The van der Waals surface area contributed by atoms with Gasteiger partial charge in [-0.15, -0.1) is 10.2 Å². The lowest BCUT2D eigenvalue weighted by Crippen LogP contribution is -2.26. The predicted molar refractivity (Wildman–Crippen MR) is 135 cm³/mol. The zero-order valence-electron chi connectivity index (χ0n) is 19.8. The normalized spacial score (nSPS) is 11.1. The second kappa shape index (κ2) is 9.89. The molecule has 0 fully saturated rings. The fraction of sp³-hybridized carbons (Fsp3) is 0.222. The Hall–Kier alpha value is -4.33. The summed E-state index contributed by atoms with van der Waals surface area (Å²) in [6.45, 7) is 5.17. The zero-order chi connectivity index (χ0) is 24.2. The van der Waals surface area contributed by atoms with E-state index in [1.165, 1.54) is 0 Å². The standard InChI is InChI=1S/C27H27N7O/c1-3-9-25-19(2)33(17-20-10-5-4-6-11-20)27(35)34(25)18-22-15-14-21(16-28-22)23-12-7-8-13-24(23)26-29-31-32-30-26/h4-8,10-16H,3,9,17-18H2,1-2H3,(H,29,30,31,32). The van der Waals surface area contributed by atoms with Gasteiger partial charge in [0.1, 0.15) is 0 Å². The molecule has 8 nitrogen and oxygen atoms in total. The van der Waals surface area contributed by atoms with Crippen LogP contribution >= 0.6 is 0 Å². The molecule has 35 heavy (non-hydrogen) atoms. The first kappa shape index (κ1) is 22.5. The van der Waals surface area contributed by atoms with Crippen LogP contribution in [-0.4, -0.2) is 34.7 Å². The van der Waals surface area contributed by atoms with Gasteiger partial charge in [-0.1, -0.05) is 74.0 Å². The van der Waals surface area contributed by atoms with E-state index < -0.39 is 0 Å². The Morgan fingerprint density at radius 2 is 1.66 bits per heavy atom. The monoisotopic (exact) mass is 465 g/mol. The van der Waals surface area contributed by atoms with Crippen LogP contribution in [0.3, 0.4) is 0 Å². The van der Waals surface area contributed by atoms with Gasteiger partial charge in [0.2, 0.25) is 5.82 Å². The van der Waals surface area contributed by atoms with Crippen LogP contribution in [0.25, 0.3) is 22.5 Å². The summed E-state index contributed by atoms with van der Waals surface area (Å²) in [5.74, 6) is 0.538. The molecular weight excluding hydrogens is 438 g/mol. The minimum atomic E-state index is 0.00290. The molecule has 0 radical (unpaired) electrons. The number of rotatable bonds is 8. The van der Waals surface area contributed by atoms with Crippen molar-refractivity contribution in [3.63, 3.8) is 0 Å². The molecule has 0 atom stereocenters. The van der Waals surface area contributed by atoms with E-state index in [0.29, 0.717) is 18.9 Å². The summed E-state index contributed by atoms with van der Waals surface area (Å²) in [6, 6.07) is 22.0. The molecule has 0 unspecified atom stereocenters. The van der Waals surface area contributed by atoms with Gasteiger partial charge in [-0.25, -0.2) is 4.79 Å². The van der Waals surface area contributed by atoms with Crippen molar-refractivity contribution in [1.29, 1.82) is 0 Å². The minimum Gasteiger partial charge on any atom is -0.292 e. The molecule has 2 aromatic carbocycles. The molecule has 5 rings (SSSR count). The van der Waals surface area contributed by atoms with Crippen molar-refractivity contribution in [3.05, 3.63) is 106 Å². The molecule has 176 valence electrons. The number of nitrogens with zero attached hydrogens (tertiary/aromatic N) is 6. The Kier molecular flexibility index (Phi) is 6.34. The van der Waals surface area contributed by atoms with Gasteiger partial charge in [-0.05, 0) is 35.8 Å². The molecule has 0 aliphatic rings. The first-order valence-corrected chi connectivity index (χ1v) is 11.8. The Bertz CT molecular complexity index is 1470. The summed E-state index contributed by atoms with van der Waals surface area (Å²) in [4.78, 5) is 18.1. The summed E-state index contributed by atoms with van der Waals surface area (Å²) in [6.07, 6.45) is 3.65. The first-order valence-electron chi connectivity index (χ1n) is 11.8. The lowest BCUT2D eigenvalue weighted by Gasteiger charge is -2.09. The topological polar surface area (TPSA) is 94.3 Å². The average Bonchev–Trinajstić information content (AvgIpc) is 3.51. The Labute approximate surface area is 203 Å². The lowest BCUT2D eigenvalue weighted by atomic mass is 10.0. The van der Waals surface area contributed by atoms with Crippen molar-refractivity contribution >= 4 is 0 Å². The molecule has 0 saturated carbocycles. The third kappa shape index (κ3) is 4.55. The van der Waals surface area contributed by atoms with E-state index in [4.69, 9.17) is 4.98 Å². The van der Waals surface area contributed by atoms with Gasteiger partial charge in [0.15, 0.2) is 0 Å². The van der Waals surface area contributed by atoms with Gasteiger partial charge in [0, 0.05) is 28.7 Å². The van der Waals surface area contributed by atoms with E-state index in [-0.39, 0.29) is 5.69 Å². The molecule has 0 aliphatic carbocycles. The summed E-state index contributed by atoms with van der Waals surface area (Å²) < 4.78 is 3.74. The molecule has 0 spiro atoms. The molecule has 5 aromatic rings. The van der Waals surface area contributed by atoms with Crippen LogP contribution in [0.2, 0.25) is 0 Å². The van der Waals surface area contributed by atoms with E-state index in [1.807, 2.05) is 76.9 Å². The zero-order valence-corrected chi connectivity index (χ0v) is 19.8. The number of tetrazole rings is 1. The fourth-order valence-corrected chi connectivity index (χ4v) is 4.47. The average molecular weight is 466 g/mol. The van der Waals surface area contributed by atoms with Crippen molar-refractivity contribution in [2.45, 2.75) is 39.8 Å². The van der Waals surface area contributed by atoms with Crippen LogP contribution in [0.5, 0.6) is 0 Å². The molecule has 3 heterocycles. The molecule has 0 aliphatic heterocycles. The highest BCUT2D eigenvalue weighted by Crippen LogP contribution is 2.29. The van der Waals surface area contributed by atoms with Crippen LogP contribution in [0.4, 0.5) is 0 Å². The van der Waals surface area contributed by atoms with Crippen molar-refractivity contribution in [2.75, 3.05) is 0 Å². The largest absolute Gasteiger partial charge is 0.329 e. The van der Waals surface area contributed by atoms with Crippen LogP contribution < -0.4 is 5.69 Å². The number of hydrogen-bond acceptors (Lipinski definition) is 5. The Morgan fingerprint density at radius 1 is 0.886 bits per heavy atom. The van der Waals surface area contributed by atoms with Crippen LogP contribution in [0.1, 0.15) is 36.0 Å². The second-order valence-electron chi connectivity index (χ2n) is 8.54. The Balaban J connectivity index is 1.45. The molecule has 0 saturated heterocycles. The quantitative estimate of drug-likeness (QED) is 0.370. The number of aromatic amines is 1. The van der Waals surface area contributed by atoms with Gasteiger partial charge < -0.3 is 0 Å². The summed E-state index contributed by atoms with van der Waals surface area (Å²) >= 11 is 0. The highest BCUT2D eigenvalue weighted by Gasteiger charge is 2.17. The highest BCUT2D eigenvalue weighted by molar-refractivity contribution is 5.79. The number of nitrogens with one attached hydrogen (secondary N) is 1.